The molecule has 2 N–H and O–H groups in total. The van der Waals surface area contributed by atoms with Crippen LogP contribution in [0.5, 0.6) is 0 Å². The van der Waals surface area contributed by atoms with Crippen molar-refractivity contribution >= 4 is 23.3 Å². The van der Waals surface area contributed by atoms with Gasteiger partial charge in [0.1, 0.15) is 23.7 Å². The third-order valence-electron chi connectivity index (χ3n) is 5.91. The van der Waals surface area contributed by atoms with E-state index in [1.165, 1.54) is 6.33 Å². The van der Waals surface area contributed by atoms with E-state index in [1.807, 2.05) is 68.8 Å². The minimum atomic E-state index is -0.417. The number of aromatic amines is 1. The molecule has 5 rings (SSSR count). The molecule has 1 aromatic carbocycles. The summed E-state index contributed by atoms with van der Waals surface area (Å²) in [6.45, 7) is 9.30. The second-order valence-corrected chi connectivity index (χ2v) is 10.7. The molecular formula is C26H29N7O2S. The predicted octanol–water partition coefficient (Wildman–Crippen LogP) is 4.69. The molecular weight excluding hydrogens is 474 g/mol. The first-order valence-corrected chi connectivity index (χ1v) is 12.7. The van der Waals surface area contributed by atoms with Crippen LogP contribution in [0, 0.1) is 12.3 Å². The molecule has 4 heterocycles. The lowest BCUT2D eigenvalue weighted by molar-refractivity contribution is -0.128. The van der Waals surface area contributed by atoms with Gasteiger partial charge in [-0.3, -0.25) is 14.6 Å². The van der Waals surface area contributed by atoms with E-state index in [2.05, 4.69) is 20.5 Å². The maximum Gasteiger partial charge on any atom is 0.225 e. The molecule has 0 saturated carbocycles. The summed E-state index contributed by atoms with van der Waals surface area (Å²) in [5.41, 5.74) is 4.34. The lowest BCUT2D eigenvalue weighted by Gasteiger charge is -2.19. The van der Waals surface area contributed by atoms with Gasteiger partial charge in [-0.15, -0.1) is 11.3 Å². The Morgan fingerprint density at radius 3 is 2.78 bits per heavy atom. The Morgan fingerprint density at radius 1 is 1.25 bits per heavy atom. The first kappa shape index (κ1) is 23.9. The molecule has 9 nitrogen and oxygen atoms in total. The highest BCUT2D eigenvalue weighted by atomic mass is 32.1. The second kappa shape index (κ2) is 9.69. The second-order valence-electron chi connectivity index (χ2n) is 9.68. The van der Waals surface area contributed by atoms with Gasteiger partial charge in [0.25, 0.3) is 0 Å². The van der Waals surface area contributed by atoms with Crippen LogP contribution in [0.3, 0.4) is 0 Å². The summed E-state index contributed by atoms with van der Waals surface area (Å²) in [5, 5.41) is 15.6. The molecule has 1 aliphatic rings. The van der Waals surface area contributed by atoms with Crippen LogP contribution in [0.4, 0.5) is 0 Å². The van der Waals surface area contributed by atoms with Crippen molar-refractivity contribution in [2.75, 3.05) is 13.2 Å². The maximum atomic E-state index is 12.1. The molecule has 0 spiro atoms. The van der Waals surface area contributed by atoms with Crippen LogP contribution in [-0.2, 0) is 16.1 Å². The van der Waals surface area contributed by atoms with Crippen molar-refractivity contribution in [1.29, 1.82) is 0 Å². The predicted molar refractivity (Wildman–Crippen MR) is 140 cm³/mol. The van der Waals surface area contributed by atoms with Crippen LogP contribution < -0.4 is 5.32 Å². The van der Waals surface area contributed by atoms with Crippen molar-refractivity contribution < 1.29 is 9.53 Å². The number of rotatable bonds is 7. The average Bonchev–Trinajstić information content (AvgIpc) is 3.59. The molecule has 0 unspecified atom stereocenters. The van der Waals surface area contributed by atoms with E-state index in [9.17, 15) is 4.79 Å². The highest BCUT2D eigenvalue weighted by Crippen LogP contribution is 2.42. The lowest BCUT2D eigenvalue weighted by atomic mass is 9.96. The number of hydrogen-bond donors (Lipinski definition) is 2. The third-order valence-corrected chi connectivity index (χ3v) is 6.99. The van der Waals surface area contributed by atoms with Crippen LogP contribution in [0.2, 0.25) is 0 Å². The van der Waals surface area contributed by atoms with Gasteiger partial charge >= 0.3 is 0 Å². The molecule has 3 aromatic heterocycles. The molecule has 36 heavy (non-hydrogen) atoms. The molecule has 0 atom stereocenters. The van der Waals surface area contributed by atoms with E-state index in [-0.39, 0.29) is 5.91 Å². The Labute approximate surface area is 213 Å². The first-order chi connectivity index (χ1) is 17.3. The normalized spacial score (nSPS) is 13.3. The maximum absolute atomic E-state index is 12.1. The summed E-state index contributed by atoms with van der Waals surface area (Å²) in [7, 11) is 0. The van der Waals surface area contributed by atoms with Crippen molar-refractivity contribution in [1.82, 2.24) is 35.3 Å². The fourth-order valence-electron chi connectivity index (χ4n) is 4.04. The van der Waals surface area contributed by atoms with Gasteiger partial charge in [0, 0.05) is 30.0 Å². The van der Waals surface area contributed by atoms with Crippen LogP contribution in [-0.4, -0.2) is 49.0 Å². The molecule has 10 heteroatoms. The number of amides is 1. The van der Waals surface area contributed by atoms with Crippen molar-refractivity contribution in [2.24, 2.45) is 5.41 Å². The van der Waals surface area contributed by atoms with E-state index in [1.54, 1.807) is 11.3 Å². The summed E-state index contributed by atoms with van der Waals surface area (Å²) in [4.78, 5) is 22.5. The minimum absolute atomic E-state index is 0.0141. The Kier molecular flexibility index (Phi) is 6.44. The summed E-state index contributed by atoms with van der Waals surface area (Å²) >= 11 is 1.57. The summed E-state index contributed by atoms with van der Waals surface area (Å²) in [6.07, 6.45) is 4.30. The molecule has 1 amide bonds. The standard InChI is InChI=1S/C26H29N7O2S/c1-16-20(19-14-18(10-12-33(19)32-16)35-13-11-27-25(34)26(2,3)4)24-30-21(17-8-6-5-7-9-17)22(36-24)23-28-15-29-31-23/h5-9,14-15H,10-13H2,1-4H3,(H,27,34)(H,28,29,31). The minimum Gasteiger partial charge on any atom is -0.496 e. The van der Waals surface area contributed by atoms with Gasteiger partial charge in [-0.05, 0) is 6.92 Å². The molecule has 0 saturated heterocycles. The summed E-state index contributed by atoms with van der Waals surface area (Å²) in [6, 6.07) is 10.1. The van der Waals surface area contributed by atoms with Gasteiger partial charge in [-0.1, -0.05) is 51.1 Å². The lowest BCUT2D eigenvalue weighted by Crippen LogP contribution is -2.36. The number of carbonyl (C=O) groups excluding carboxylic acids is 1. The Bertz CT molecular complexity index is 1400. The number of carbonyl (C=O) groups is 1. The van der Waals surface area contributed by atoms with Crippen LogP contribution >= 0.6 is 11.3 Å². The van der Waals surface area contributed by atoms with Crippen LogP contribution in [0.1, 0.15) is 38.6 Å². The molecule has 4 aromatic rings. The number of fused-ring (bicyclic) bond motifs is 1. The van der Waals surface area contributed by atoms with Crippen molar-refractivity contribution in [3.8, 4) is 32.5 Å². The van der Waals surface area contributed by atoms with E-state index in [4.69, 9.17) is 14.8 Å². The van der Waals surface area contributed by atoms with E-state index in [0.717, 1.165) is 56.8 Å². The van der Waals surface area contributed by atoms with Gasteiger partial charge < -0.3 is 10.1 Å². The molecule has 1 aliphatic heterocycles. The van der Waals surface area contributed by atoms with Crippen LogP contribution in [0.25, 0.3) is 38.6 Å². The average molecular weight is 504 g/mol. The number of nitrogens with zero attached hydrogens (tertiary/aromatic N) is 5. The Hall–Kier alpha value is -3.79. The quantitative estimate of drug-likeness (QED) is 0.354. The zero-order chi connectivity index (χ0) is 25.3. The van der Waals surface area contributed by atoms with Gasteiger partial charge in [0.2, 0.25) is 5.91 Å². The highest BCUT2D eigenvalue weighted by molar-refractivity contribution is 7.18. The monoisotopic (exact) mass is 503 g/mol. The fraction of sp³-hybridized carbons (Fsp3) is 0.346. The molecule has 0 aliphatic carbocycles. The number of hydrogen-bond acceptors (Lipinski definition) is 7. The van der Waals surface area contributed by atoms with E-state index in [0.29, 0.717) is 19.0 Å². The van der Waals surface area contributed by atoms with E-state index < -0.39 is 5.41 Å². The van der Waals surface area contributed by atoms with Crippen LogP contribution in [0.15, 0.2) is 42.4 Å². The Morgan fingerprint density at radius 2 is 2.06 bits per heavy atom. The number of ether oxygens (including phenoxy) is 1. The number of allylic oxidation sites excluding steroid dienone is 1. The van der Waals surface area contributed by atoms with E-state index >= 15 is 0 Å². The number of thiazole rings is 1. The number of H-pyrrole nitrogens is 1. The summed E-state index contributed by atoms with van der Waals surface area (Å²) in [5.74, 6) is 1.58. The largest absolute Gasteiger partial charge is 0.496 e. The third kappa shape index (κ3) is 4.81. The van der Waals surface area contributed by atoms with Gasteiger partial charge in [0.15, 0.2) is 5.82 Å². The SMILES string of the molecule is Cc1nn2c(c1-c1nc(-c3ccccc3)c(-c3ncn[nH]3)s1)C=C(OCCNC(=O)C(C)(C)C)CC2. The fourth-order valence-corrected chi connectivity index (χ4v) is 5.18. The zero-order valence-electron chi connectivity index (χ0n) is 20.8. The molecule has 0 radical (unpaired) electrons. The molecule has 0 fully saturated rings. The number of aromatic nitrogens is 6. The van der Waals surface area contributed by atoms with Crippen molar-refractivity contribution in [3.05, 3.63) is 53.8 Å². The summed E-state index contributed by atoms with van der Waals surface area (Å²) < 4.78 is 8.04. The molecule has 186 valence electrons. The smallest absolute Gasteiger partial charge is 0.225 e. The number of benzene rings is 1. The van der Waals surface area contributed by atoms with Gasteiger partial charge in [-0.2, -0.15) is 10.2 Å². The first-order valence-electron chi connectivity index (χ1n) is 11.9. The zero-order valence-corrected chi connectivity index (χ0v) is 21.6. The molecule has 0 bridgehead atoms. The van der Waals surface area contributed by atoms with Crippen molar-refractivity contribution in [2.45, 2.75) is 40.7 Å². The Balaban J connectivity index is 1.43. The van der Waals surface area contributed by atoms with Gasteiger partial charge in [0.05, 0.1) is 34.1 Å². The van der Waals surface area contributed by atoms with Gasteiger partial charge in [-0.25, -0.2) is 9.97 Å². The topological polar surface area (TPSA) is 111 Å². The number of aryl methyl sites for hydroxylation is 2. The number of nitrogens with one attached hydrogen (secondary N) is 2. The van der Waals surface area contributed by atoms with Crippen molar-refractivity contribution in [3.63, 3.8) is 0 Å². The highest BCUT2D eigenvalue weighted by Gasteiger charge is 2.26.